The van der Waals surface area contributed by atoms with Crippen LogP contribution in [0.3, 0.4) is 0 Å². The summed E-state index contributed by atoms with van der Waals surface area (Å²) in [5, 5.41) is 24.0. The lowest BCUT2D eigenvalue weighted by molar-refractivity contribution is -0.142. The maximum atomic E-state index is 12.9. The molecule has 2 aromatic carbocycles. The number of nitrogens with one attached hydrogen (secondary N) is 3. The van der Waals surface area contributed by atoms with E-state index < -0.39 is 23.8 Å². The number of carbonyl (C=O) groups excluding carboxylic acids is 3. The van der Waals surface area contributed by atoms with E-state index in [1.807, 2.05) is 44.2 Å². The highest BCUT2D eigenvalue weighted by molar-refractivity contribution is 6.01. The highest BCUT2D eigenvalue weighted by Gasteiger charge is 2.30. The van der Waals surface area contributed by atoms with Crippen molar-refractivity contribution in [3.63, 3.8) is 0 Å². The molecular formula is C25H33N3O5. The third kappa shape index (κ3) is 8.94. The smallest absolute Gasteiger partial charge is 0.255 e. The van der Waals surface area contributed by atoms with Gasteiger partial charge in [0.1, 0.15) is 17.7 Å². The third-order valence-corrected chi connectivity index (χ3v) is 5.30. The lowest BCUT2D eigenvalue weighted by Gasteiger charge is -2.22. The summed E-state index contributed by atoms with van der Waals surface area (Å²) in [6, 6.07) is 15.5. The monoisotopic (exact) mass is 455 g/mol. The average Bonchev–Trinajstić information content (AvgIpc) is 2.81. The van der Waals surface area contributed by atoms with Crippen molar-refractivity contribution in [2.75, 3.05) is 6.54 Å². The molecule has 8 heteroatoms. The number of hydrogen-bond acceptors (Lipinski definition) is 5. The minimum Gasteiger partial charge on any atom is -0.508 e. The second-order valence-electron chi connectivity index (χ2n) is 8.45. The van der Waals surface area contributed by atoms with E-state index in [4.69, 9.17) is 5.21 Å². The summed E-state index contributed by atoms with van der Waals surface area (Å²) in [5.74, 6) is -2.61. The van der Waals surface area contributed by atoms with Crippen LogP contribution in [0.2, 0.25) is 0 Å². The molecule has 5 N–H and O–H groups in total. The van der Waals surface area contributed by atoms with Crippen LogP contribution in [0.5, 0.6) is 5.75 Å². The Morgan fingerprint density at radius 2 is 1.48 bits per heavy atom. The van der Waals surface area contributed by atoms with Crippen LogP contribution in [0.15, 0.2) is 54.6 Å². The number of rotatable bonds is 12. The maximum Gasteiger partial charge on any atom is 0.255 e. The van der Waals surface area contributed by atoms with Gasteiger partial charge in [-0.15, -0.1) is 0 Å². The second kappa shape index (κ2) is 13.2. The molecule has 0 aliphatic carbocycles. The highest BCUT2D eigenvalue weighted by atomic mass is 16.5. The van der Waals surface area contributed by atoms with Gasteiger partial charge in [-0.05, 0) is 54.9 Å². The fraction of sp³-hybridized carbons (Fsp3) is 0.400. The summed E-state index contributed by atoms with van der Waals surface area (Å²) in [4.78, 5) is 37.8. The van der Waals surface area contributed by atoms with Crippen molar-refractivity contribution < 1.29 is 24.7 Å². The van der Waals surface area contributed by atoms with Crippen molar-refractivity contribution in [1.82, 2.24) is 16.1 Å². The van der Waals surface area contributed by atoms with Gasteiger partial charge in [-0.25, -0.2) is 5.48 Å². The van der Waals surface area contributed by atoms with Crippen LogP contribution in [0.4, 0.5) is 0 Å². The van der Waals surface area contributed by atoms with Crippen LogP contribution in [-0.2, 0) is 27.2 Å². The lowest BCUT2D eigenvalue weighted by atomic mass is 9.95. The first-order valence-corrected chi connectivity index (χ1v) is 11.1. The molecule has 0 aromatic heterocycles. The highest BCUT2D eigenvalue weighted by Crippen LogP contribution is 2.14. The molecule has 2 aromatic rings. The SMILES string of the molecule is CC(C)C[C@H](C(=O)NO)C(=O)N[C@@H](CCc1ccccc1)C(=O)NCCc1ccc(O)cc1. The molecule has 8 nitrogen and oxygen atoms in total. The minimum absolute atomic E-state index is 0.0416. The van der Waals surface area contributed by atoms with Crippen LogP contribution >= 0.6 is 0 Å². The molecule has 0 saturated heterocycles. The zero-order chi connectivity index (χ0) is 24.2. The van der Waals surface area contributed by atoms with Crippen LogP contribution in [0.25, 0.3) is 0 Å². The first kappa shape index (κ1) is 25.9. The van der Waals surface area contributed by atoms with Crippen molar-refractivity contribution in [1.29, 1.82) is 0 Å². The molecule has 0 fully saturated rings. The number of phenols is 1. The van der Waals surface area contributed by atoms with Crippen molar-refractivity contribution in [3.8, 4) is 5.75 Å². The molecule has 0 spiro atoms. The van der Waals surface area contributed by atoms with Crippen LogP contribution < -0.4 is 16.1 Å². The van der Waals surface area contributed by atoms with Gasteiger partial charge in [-0.3, -0.25) is 19.6 Å². The lowest BCUT2D eigenvalue weighted by Crippen LogP contribution is -2.51. The zero-order valence-electron chi connectivity index (χ0n) is 19.1. The number of benzene rings is 2. The predicted octanol–water partition coefficient (Wildman–Crippen LogP) is 2.34. The topological polar surface area (TPSA) is 128 Å². The Kier molecular flexibility index (Phi) is 10.4. The molecule has 0 aliphatic heterocycles. The quantitative estimate of drug-likeness (QED) is 0.191. The minimum atomic E-state index is -1.10. The van der Waals surface area contributed by atoms with Gasteiger partial charge < -0.3 is 15.7 Å². The Balaban J connectivity index is 2.05. The van der Waals surface area contributed by atoms with E-state index in [0.29, 0.717) is 25.8 Å². The van der Waals surface area contributed by atoms with Crippen molar-refractivity contribution in [2.24, 2.45) is 11.8 Å². The Labute approximate surface area is 194 Å². The standard InChI is InChI=1S/C25H33N3O5/c1-17(2)16-21(24(31)28-33)23(30)27-22(13-10-18-6-4-3-5-7-18)25(32)26-15-14-19-8-11-20(29)12-9-19/h3-9,11-12,17,21-22,29,33H,10,13-16H2,1-2H3,(H,26,32)(H,27,30)(H,28,31)/t21-,22-/m0/s1. The fourth-order valence-electron chi connectivity index (χ4n) is 3.50. The van der Waals surface area contributed by atoms with Gasteiger partial charge in [-0.2, -0.15) is 0 Å². The van der Waals surface area contributed by atoms with Gasteiger partial charge in [0, 0.05) is 6.54 Å². The van der Waals surface area contributed by atoms with Gasteiger partial charge in [0.15, 0.2) is 0 Å². The first-order chi connectivity index (χ1) is 15.8. The molecule has 0 heterocycles. The molecule has 178 valence electrons. The Hall–Kier alpha value is -3.39. The molecule has 3 amide bonds. The average molecular weight is 456 g/mol. The van der Waals surface area contributed by atoms with E-state index >= 15 is 0 Å². The molecule has 0 unspecified atom stereocenters. The van der Waals surface area contributed by atoms with Crippen LogP contribution in [0, 0.1) is 11.8 Å². The molecule has 0 saturated carbocycles. The van der Waals surface area contributed by atoms with E-state index in [0.717, 1.165) is 11.1 Å². The molecular weight excluding hydrogens is 422 g/mol. The number of aryl methyl sites for hydroxylation is 1. The van der Waals surface area contributed by atoms with Crippen molar-refractivity contribution in [3.05, 3.63) is 65.7 Å². The number of carbonyl (C=O) groups is 3. The van der Waals surface area contributed by atoms with Gasteiger partial charge in [0.25, 0.3) is 5.91 Å². The van der Waals surface area contributed by atoms with Crippen LogP contribution in [0.1, 0.15) is 37.8 Å². The van der Waals surface area contributed by atoms with E-state index in [9.17, 15) is 19.5 Å². The molecule has 0 radical (unpaired) electrons. The van der Waals surface area contributed by atoms with E-state index in [1.165, 1.54) is 0 Å². The summed E-state index contributed by atoms with van der Waals surface area (Å²) in [7, 11) is 0. The first-order valence-electron chi connectivity index (χ1n) is 11.1. The Morgan fingerprint density at radius 3 is 2.09 bits per heavy atom. The van der Waals surface area contributed by atoms with E-state index in [1.54, 1.807) is 29.7 Å². The third-order valence-electron chi connectivity index (χ3n) is 5.30. The number of hydroxylamine groups is 1. The molecule has 2 atom stereocenters. The summed E-state index contributed by atoms with van der Waals surface area (Å²) < 4.78 is 0. The second-order valence-corrected chi connectivity index (χ2v) is 8.45. The predicted molar refractivity (Wildman–Crippen MR) is 124 cm³/mol. The Morgan fingerprint density at radius 1 is 0.848 bits per heavy atom. The molecule has 33 heavy (non-hydrogen) atoms. The summed E-state index contributed by atoms with van der Waals surface area (Å²) in [6.45, 7) is 4.09. The molecule has 2 rings (SSSR count). The number of aromatic hydroxyl groups is 1. The maximum absolute atomic E-state index is 12.9. The molecule has 0 bridgehead atoms. The molecule has 0 aliphatic rings. The van der Waals surface area contributed by atoms with Gasteiger partial charge in [0.05, 0.1) is 0 Å². The summed E-state index contributed by atoms with van der Waals surface area (Å²) in [5.41, 5.74) is 3.53. The van der Waals surface area contributed by atoms with Crippen LogP contribution in [-0.4, -0.2) is 40.6 Å². The van der Waals surface area contributed by atoms with Crippen molar-refractivity contribution >= 4 is 17.7 Å². The fourth-order valence-corrected chi connectivity index (χ4v) is 3.50. The van der Waals surface area contributed by atoms with E-state index in [2.05, 4.69) is 10.6 Å². The van der Waals surface area contributed by atoms with E-state index in [-0.39, 0.29) is 24.0 Å². The summed E-state index contributed by atoms with van der Waals surface area (Å²) in [6.07, 6.45) is 1.73. The summed E-state index contributed by atoms with van der Waals surface area (Å²) >= 11 is 0. The number of phenolic OH excluding ortho intramolecular Hbond substituents is 1. The van der Waals surface area contributed by atoms with Crippen molar-refractivity contribution in [2.45, 2.75) is 45.6 Å². The Bertz CT molecular complexity index is 900. The number of amides is 3. The van der Waals surface area contributed by atoms with Gasteiger partial charge in [-0.1, -0.05) is 56.3 Å². The largest absolute Gasteiger partial charge is 0.508 e. The number of hydrogen-bond donors (Lipinski definition) is 5. The normalized spacial score (nSPS) is 12.6. The zero-order valence-corrected chi connectivity index (χ0v) is 19.1. The van der Waals surface area contributed by atoms with Gasteiger partial charge in [0.2, 0.25) is 11.8 Å². The van der Waals surface area contributed by atoms with Gasteiger partial charge >= 0.3 is 0 Å².